The molecule has 2 aromatic carbocycles. The van der Waals surface area contributed by atoms with Gasteiger partial charge in [0.25, 0.3) is 5.91 Å². The van der Waals surface area contributed by atoms with Crippen molar-refractivity contribution in [3.63, 3.8) is 0 Å². The Balaban J connectivity index is 1.46. The van der Waals surface area contributed by atoms with Gasteiger partial charge in [0.05, 0.1) is 11.3 Å². The minimum atomic E-state index is -4.67. The van der Waals surface area contributed by atoms with Crippen molar-refractivity contribution >= 4 is 11.8 Å². The van der Waals surface area contributed by atoms with Gasteiger partial charge in [-0.2, -0.15) is 18.3 Å². The molecule has 5 rings (SSSR count). The maximum Gasteiger partial charge on any atom is 0.435 e. The van der Waals surface area contributed by atoms with E-state index < -0.39 is 53.6 Å². The van der Waals surface area contributed by atoms with E-state index in [2.05, 4.69) is 15.4 Å². The third-order valence-electron chi connectivity index (χ3n) is 7.70. The fraction of sp³-hybridized carbons (Fsp3) is 0.312. The topological polar surface area (TPSA) is 103 Å². The van der Waals surface area contributed by atoms with Crippen molar-refractivity contribution in [2.75, 3.05) is 6.54 Å². The van der Waals surface area contributed by atoms with E-state index in [-0.39, 0.29) is 42.0 Å². The standard InChI is InChI=1S/C32H29F6N5O2/c1-2-26-28(18-5-6-18)30(32(36,37)38)42-43(26)16-27(44)41-15-20(10-17-11-21(33)14-22(34)12-17)29-23(4-3-9-40-29)19-7-8-25(35)24(13-19)31(39)45/h3-4,7-9,11-14,18,20H,2,5-6,10,15-16H2,1H3,(H2,39,45)(H,41,44). The van der Waals surface area contributed by atoms with Gasteiger partial charge in [-0.05, 0) is 73.1 Å². The number of halogens is 6. The summed E-state index contributed by atoms with van der Waals surface area (Å²) in [5.41, 5.74) is 5.91. The molecule has 1 atom stereocenters. The number of aromatic nitrogens is 3. The molecule has 1 aliphatic rings. The molecule has 4 aromatic rings. The number of carbonyl (C=O) groups is 2. The van der Waals surface area contributed by atoms with Crippen LogP contribution in [0.1, 0.15) is 70.2 Å². The lowest BCUT2D eigenvalue weighted by Crippen LogP contribution is -2.33. The molecule has 1 unspecified atom stereocenters. The quantitative estimate of drug-likeness (QED) is 0.197. The van der Waals surface area contributed by atoms with Gasteiger partial charge >= 0.3 is 6.18 Å². The molecule has 45 heavy (non-hydrogen) atoms. The third-order valence-corrected chi connectivity index (χ3v) is 7.70. The summed E-state index contributed by atoms with van der Waals surface area (Å²) >= 11 is 0. The smallest absolute Gasteiger partial charge is 0.366 e. The molecule has 0 aliphatic heterocycles. The Hall–Kier alpha value is -4.68. The van der Waals surface area contributed by atoms with Crippen molar-refractivity contribution in [1.82, 2.24) is 20.1 Å². The molecule has 0 saturated heterocycles. The lowest BCUT2D eigenvalue weighted by atomic mass is 9.89. The minimum Gasteiger partial charge on any atom is -0.366 e. The molecular weight excluding hydrogens is 600 g/mol. The van der Waals surface area contributed by atoms with Gasteiger partial charge in [0.15, 0.2) is 5.69 Å². The molecule has 13 heteroatoms. The zero-order valence-corrected chi connectivity index (χ0v) is 24.1. The van der Waals surface area contributed by atoms with Crippen molar-refractivity contribution in [2.24, 2.45) is 5.73 Å². The van der Waals surface area contributed by atoms with Crippen molar-refractivity contribution in [3.8, 4) is 11.1 Å². The van der Waals surface area contributed by atoms with E-state index in [0.717, 1.165) is 28.9 Å². The normalized spacial score (nSPS) is 13.9. The van der Waals surface area contributed by atoms with Gasteiger partial charge in [-0.15, -0.1) is 0 Å². The summed E-state index contributed by atoms with van der Waals surface area (Å²) in [5.74, 6) is -5.01. The summed E-state index contributed by atoms with van der Waals surface area (Å²) in [6, 6.07) is 9.99. The van der Waals surface area contributed by atoms with Gasteiger partial charge in [-0.3, -0.25) is 19.3 Å². The van der Waals surface area contributed by atoms with E-state index in [4.69, 9.17) is 5.73 Å². The first-order chi connectivity index (χ1) is 21.3. The first-order valence-corrected chi connectivity index (χ1v) is 14.3. The van der Waals surface area contributed by atoms with Gasteiger partial charge in [0.1, 0.15) is 24.0 Å². The van der Waals surface area contributed by atoms with Gasteiger partial charge < -0.3 is 11.1 Å². The van der Waals surface area contributed by atoms with E-state index in [1.54, 1.807) is 19.1 Å². The average molecular weight is 630 g/mol. The van der Waals surface area contributed by atoms with E-state index in [9.17, 15) is 35.9 Å². The van der Waals surface area contributed by atoms with Gasteiger partial charge in [0, 0.05) is 41.5 Å². The second kappa shape index (κ2) is 12.7. The Bertz CT molecular complexity index is 1730. The summed E-state index contributed by atoms with van der Waals surface area (Å²) in [6.07, 6.45) is -1.71. The fourth-order valence-corrected chi connectivity index (χ4v) is 5.60. The van der Waals surface area contributed by atoms with Crippen molar-refractivity contribution < 1.29 is 35.9 Å². The first-order valence-electron chi connectivity index (χ1n) is 14.3. The zero-order chi connectivity index (χ0) is 32.5. The van der Waals surface area contributed by atoms with Crippen LogP contribution in [0.2, 0.25) is 0 Å². The van der Waals surface area contributed by atoms with Crippen LogP contribution < -0.4 is 11.1 Å². The number of amides is 2. The molecule has 3 N–H and O–H groups in total. The Labute approximate surface area is 254 Å². The maximum atomic E-state index is 14.2. The molecule has 0 spiro atoms. The van der Waals surface area contributed by atoms with Crippen molar-refractivity contribution in [3.05, 3.63) is 106 Å². The predicted molar refractivity (Wildman–Crippen MR) is 153 cm³/mol. The second-order valence-electron chi connectivity index (χ2n) is 11.0. The van der Waals surface area contributed by atoms with Crippen LogP contribution in [0.5, 0.6) is 0 Å². The summed E-state index contributed by atoms with van der Waals surface area (Å²) in [4.78, 5) is 29.4. The number of nitrogens with two attached hydrogens (primary N) is 1. The summed E-state index contributed by atoms with van der Waals surface area (Å²) < 4.78 is 84.9. The molecule has 7 nitrogen and oxygen atoms in total. The summed E-state index contributed by atoms with van der Waals surface area (Å²) in [5, 5.41) is 6.49. The number of carbonyl (C=O) groups excluding carboxylic acids is 2. The minimum absolute atomic E-state index is 0.00508. The third kappa shape index (κ3) is 7.18. The Kier molecular flexibility index (Phi) is 8.98. The molecule has 0 bridgehead atoms. The van der Waals surface area contributed by atoms with Crippen LogP contribution in [0.15, 0.2) is 54.7 Å². The molecule has 1 aliphatic carbocycles. The SMILES string of the molecule is CCc1c(C2CC2)c(C(F)(F)F)nn1CC(=O)NCC(Cc1cc(F)cc(F)c1)c1ncccc1-c1ccc(F)c(C(N)=O)c1. The number of nitrogens with zero attached hydrogens (tertiary/aromatic N) is 3. The molecule has 236 valence electrons. The maximum absolute atomic E-state index is 14.2. The van der Waals surface area contributed by atoms with Crippen molar-refractivity contribution in [2.45, 2.75) is 57.2 Å². The molecule has 2 aromatic heterocycles. The molecular formula is C32H29F6N5O2. The number of nitrogens with one attached hydrogen (secondary N) is 1. The van der Waals surface area contributed by atoms with Crippen LogP contribution in [0.4, 0.5) is 26.3 Å². The molecule has 1 fully saturated rings. The lowest BCUT2D eigenvalue weighted by molar-refractivity contribution is -0.142. The molecule has 2 amide bonds. The highest BCUT2D eigenvalue weighted by atomic mass is 19.4. The lowest BCUT2D eigenvalue weighted by Gasteiger charge is -2.21. The first kappa shape index (κ1) is 31.7. The van der Waals surface area contributed by atoms with E-state index in [1.807, 2.05) is 0 Å². The van der Waals surface area contributed by atoms with Gasteiger partial charge in [0.2, 0.25) is 5.91 Å². The predicted octanol–water partition coefficient (Wildman–Crippen LogP) is 6.06. The number of alkyl halides is 3. The summed E-state index contributed by atoms with van der Waals surface area (Å²) in [6.45, 7) is 1.10. The number of benzene rings is 2. The molecule has 0 radical (unpaired) electrons. The molecule has 2 heterocycles. The van der Waals surface area contributed by atoms with Crippen LogP contribution in [0, 0.1) is 17.5 Å². The van der Waals surface area contributed by atoms with E-state index in [0.29, 0.717) is 35.4 Å². The van der Waals surface area contributed by atoms with Crippen molar-refractivity contribution in [1.29, 1.82) is 0 Å². The van der Waals surface area contributed by atoms with Crippen LogP contribution in [-0.2, 0) is 30.4 Å². The van der Waals surface area contributed by atoms with Gasteiger partial charge in [-0.25, -0.2) is 13.2 Å². The Morgan fingerprint density at radius 2 is 1.78 bits per heavy atom. The highest BCUT2D eigenvalue weighted by Gasteiger charge is 2.43. The monoisotopic (exact) mass is 629 g/mol. The van der Waals surface area contributed by atoms with Crippen LogP contribution in [-0.4, -0.2) is 33.1 Å². The number of primary amides is 1. The largest absolute Gasteiger partial charge is 0.435 e. The number of hydrogen-bond acceptors (Lipinski definition) is 4. The highest BCUT2D eigenvalue weighted by Crippen LogP contribution is 2.47. The Morgan fingerprint density at radius 3 is 2.40 bits per heavy atom. The fourth-order valence-electron chi connectivity index (χ4n) is 5.60. The zero-order valence-electron chi connectivity index (χ0n) is 24.1. The van der Waals surface area contributed by atoms with Gasteiger partial charge in [-0.1, -0.05) is 19.1 Å². The van der Waals surface area contributed by atoms with Crippen LogP contribution in [0.25, 0.3) is 11.1 Å². The average Bonchev–Trinajstić information content (AvgIpc) is 3.74. The Morgan fingerprint density at radius 1 is 1.07 bits per heavy atom. The van der Waals surface area contributed by atoms with E-state index >= 15 is 0 Å². The number of rotatable bonds is 11. The molecule has 1 saturated carbocycles. The number of pyridine rings is 1. The van der Waals surface area contributed by atoms with E-state index in [1.165, 1.54) is 18.3 Å². The van der Waals surface area contributed by atoms with Crippen LogP contribution >= 0.6 is 0 Å². The van der Waals surface area contributed by atoms with Crippen LogP contribution in [0.3, 0.4) is 0 Å². The summed E-state index contributed by atoms with van der Waals surface area (Å²) in [7, 11) is 0. The second-order valence-corrected chi connectivity index (χ2v) is 11.0. The highest BCUT2D eigenvalue weighted by molar-refractivity contribution is 5.94. The number of hydrogen-bond donors (Lipinski definition) is 2.